The second kappa shape index (κ2) is 9.66. The summed E-state index contributed by atoms with van der Waals surface area (Å²) in [5.41, 5.74) is 0. The van der Waals surface area contributed by atoms with Crippen LogP contribution in [0.2, 0.25) is 0 Å². The molecule has 5 atom stereocenters. The number of likely N-dealkylation sites (tertiary alicyclic amines) is 1. The van der Waals surface area contributed by atoms with Gasteiger partial charge >= 0.3 is 0 Å². The SMILES string of the molecule is O=C(N[C@H](C(=O)N1C[C@H](Cl)[C@H]2OC[C@H](O)[C@H]21)C1CCCCC1)c1ccc(-c2ncccn2)s1. The van der Waals surface area contributed by atoms with E-state index in [-0.39, 0.29) is 35.8 Å². The van der Waals surface area contributed by atoms with E-state index in [1.165, 1.54) is 11.3 Å². The molecule has 2 N–H and O–H groups in total. The van der Waals surface area contributed by atoms with Gasteiger partial charge in [-0.05, 0) is 37.0 Å². The fourth-order valence-electron chi connectivity index (χ4n) is 5.23. The van der Waals surface area contributed by atoms with Crippen molar-refractivity contribution in [2.24, 2.45) is 5.92 Å². The van der Waals surface area contributed by atoms with E-state index in [2.05, 4.69) is 15.3 Å². The molecule has 4 heterocycles. The molecule has 3 aliphatic rings. The Labute approximate surface area is 201 Å². The summed E-state index contributed by atoms with van der Waals surface area (Å²) in [6.07, 6.45) is 7.16. The van der Waals surface area contributed by atoms with Crippen LogP contribution in [0, 0.1) is 5.92 Å². The minimum Gasteiger partial charge on any atom is -0.388 e. The molecule has 2 amide bonds. The Balaban J connectivity index is 1.36. The molecule has 2 aromatic rings. The molecule has 1 aliphatic carbocycles. The summed E-state index contributed by atoms with van der Waals surface area (Å²) in [7, 11) is 0. The molecular formula is C23H27ClN4O4S. The van der Waals surface area contributed by atoms with Gasteiger partial charge in [0.2, 0.25) is 5.91 Å². The molecule has 0 bridgehead atoms. The maximum Gasteiger partial charge on any atom is 0.262 e. The number of aromatic nitrogens is 2. The molecule has 10 heteroatoms. The molecule has 0 aromatic carbocycles. The topological polar surface area (TPSA) is 105 Å². The van der Waals surface area contributed by atoms with Crippen LogP contribution in [0.15, 0.2) is 30.6 Å². The number of ether oxygens (including phenoxy) is 1. The fourth-order valence-corrected chi connectivity index (χ4v) is 6.45. The third kappa shape index (κ3) is 4.51. The van der Waals surface area contributed by atoms with Gasteiger partial charge in [-0.15, -0.1) is 22.9 Å². The van der Waals surface area contributed by atoms with E-state index in [4.69, 9.17) is 16.3 Å². The highest BCUT2D eigenvalue weighted by Crippen LogP contribution is 2.35. The van der Waals surface area contributed by atoms with Crippen LogP contribution in [-0.4, -0.2) is 74.6 Å². The lowest BCUT2D eigenvalue weighted by atomic mass is 9.83. The second-order valence-electron chi connectivity index (χ2n) is 8.95. The first-order chi connectivity index (χ1) is 16.0. The van der Waals surface area contributed by atoms with Crippen LogP contribution in [-0.2, 0) is 9.53 Å². The zero-order valence-electron chi connectivity index (χ0n) is 18.1. The number of thiophene rings is 1. The van der Waals surface area contributed by atoms with Gasteiger partial charge in [0.25, 0.3) is 5.91 Å². The van der Waals surface area contributed by atoms with E-state index < -0.39 is 18.2 Å². The highest BCUT2D eigenvalue weighted by atomic mass is 35.5. The Hall–Kier alpha value is -2.07. The number of hydrogen-bond donors (Lipinski definition) is 2. The zero-order chi connectivity index (χ0) is 22.9. The van der Waals surface area contributed by atoms with Gasteiger partial charge in [-0.25, -0.2) is 9.97 Å². The number of hydrogen-bond acceptors (Lipinski definition) is 7. The zero-order valence-corrected chi connectivity index (χ0v) is 19.7. The minimum atomic E-state index is -0.767. The molecule has 0 unspecified atom stereocenters. The number of aliphatic hydroxyl groups is 1. The van der Waals surface area contributed by atoms with Gasteiger partial charge in [-0.1, -0.05) is 19.3 Å². The van der Waals surface area contributed by atoms with Crippen molar-refractivity contribution < 1.29 is 19.4 Å². The monoisotopic (exact) mass is 490 g/mol. The van der Waals surface area contributed by atoms with Crippen molar-refractivity contribution in [1.29, 1.82) is 0 Å². The van der Waals surface area contributed by atoms with Gasteiger partial charge in [0.15, 0.2) is 5.82 Å². The van der Waals surface area contributed by atoms with Gasteiger partial charge in [0, 0.05) is 18.9 Å². The third-order valence-corrected chi connectivity index (χ3v) is 8.32. The summed E-state index contributed by atoms with van der Waals surface area (Å²) in [6.45, 7) is 0.475. The van der Waals surface area contributed by atoms with E-state index in [9.17, 15) is 14.7 Å². The normalized spacial score (nSPS) is 28.5. The first-order valence-corrected chi connectivity index (χ1v) is 12.7. The molecule has 0 radical (unpaired) electrons. The summed E-state index contributed by atoms with van der Waals surface area (Å²) in [4.78, 5) is 38.4. The molecule has 2 saturated heterocycles. The average molecular weight is 491 g/mol. The van der Waals surface area contributed by atoms with Crippen LogP contribution in [0.3, 0.4) is 0 Å². The predicted molar refractivity (Wildman–Crippen MR) is 124 cm³/mol. The van der Waals surface area contributed by atoms with Crippen LogP contribution in [0.25, 0.3) is 10.7 Å². The number of nitrogens with one attached hydrogen (secondary N) is 1. The molecule has 2 aliphatic heterocycles. The molecule has 0 spiro atoms. The summed E-state index contributed by atoms with van der Waals surface area (Å²) in [6, 6.07) is 4.18. The first-order valence-electron chi connectivity index (χ1n) is 11.4. The lowest BCUT2D eigenvalue weighted by molar-refractivity contribution is -0.137. The Morgan fingerprint density at radius 3 is 2.73 bits per heavy atom. The van der Waals surface area contributed by atoms with E-state index in [1.54, 1.807) is 29.4 Å². The van der Waals surface area contributed by atoms with E-state index in [0.29, 0.717) is 17.2 Å². The largest absolute Gasteiger partial charge is 0.388 e. The van der Waals surface area contributed by atoms with Gasteiger partial charge in [0.05, 0.1) is 33.9 Å². The van der Waals surface area contributed by atoms with E-state index >= 15 is 0 Å². The number of aliphatic hydroxyl groups excluding tert-OH is 1. The highest BCUT2D eigenvalue weighted by Gasteiger charge is 2.53. The maximum atomic E-state index is 13.7. The molecule has 33 heavy (non-hydrogen) atoms. The highest BCUT2D eigenvalue weighted by molar-refractivity contribution is 7.17. The van der Waals surface area contributed by atoms with Crippen LogP contribution >= 0.6 is 22.9 Å². The number of alkyl halides is 1. The minimum absolute atomic E-state index is 0.0550. The Bertz CT molecular complexity index is 999. The van der Waals surface area contributed by atoms with Crippen LogP contribution < -0.4 is 5.32 Å². The number of carbonyl (C=O) groups is 2. The fraction of sp³-hybridized carbons (Fsp3) is 0.565. The summed E-state index contributed by atoms with van der Waals surface area (Å²) < 4.78 is 5.63. The number of carbonyl (C=O) groups excluding carboxylic acids is 2. The van der Waals surface area contributed by atoms with E-state index in [0.717, 1.165) is 37.0 Å². The lowest BCUT2D eigenvalue weighted by Crippen LogP contribution is -2.55. The molecule has 3 fully saturated rings. The standard InChI is InChI=1S/C23H27ClN4O4S/c24-14-11-28(19-15(29)12-32-20(14)19)23(31)18(13-5-2-1-3-6-13)27-22(30)17-8-7-16(33-17)21-25-9-4-10-26-21/h4,7-10,13-15,18-20,29H,1-3,5-6,11-12H2,(H,27,30)/t14-,15-,18-,19+,20+/m0/s1. The summed E-state index contributed by atoms with van der Waals surface area (Å²) in [5, 5.41) is 13.1. The first kappa shape index (κ1) is 22.7. The van der Waals surface area contributed by atoms with Crippen molar-refractivity contribution in [2.45, 2.75) is 61.8 Å². The number of nitrogens with zero attached hydrogens (tertiary/aromatic N) is 3. The van der Waals surface area contributed by atoms with Crippen molar-refractivity contribution in [2.75, 3.05) is 13.2 Å². The third-order valence-electron chi connectivity index (χ3n) is 6.85. The molecule has 176 valence electrons. The lowest BCUT2D eigenvalue weighted by Gasteiger charge is -2.35. The molecule has 8 nitrogen and oxygen atoms in total. The van der Waals surface area contributed by atoms with Crippen molar-refractivity contribution in [3.05, 3.63) is 35.5 Å². The van der Waals surface area contributed by atoms with E-state index in [1.807, 2.05) is 6.07 Å². The van der Waals surface area contributed by atoms with Crippen molar-refractivity contribution in [3.63, 3.8) is 0 Å². The van der Waals surface area contributed by atoms with Crippen LogP contribution in [0.1, 0.15) is 41.8 Å². The molecule has 2 aromatic heterocycles. The maximum absolute atomic E-state index is 13.7. The van der Waals surface area contributed by atoms with Gasteiger partial charge < -0.3 is 20.1 Å². The number of fused-ring (bicyclic) bond motifs is 1. The second-order valence-corrected chi connectivity index (χ2v) is 10.6. The van der Waals surface area contributed by atoms with Crippen LogP contribution in [0.4, 0.5) is 0 Å². The van der Waals surface area contributed by atoms with Gasteiger partial charge in [0.1, 0.15) is 12.1 Å². The quantitative estimate of drug-likeness (QED) is 0.624. The van der Waals surface area contributed by atoms with Gasteiger partial charge in [-0.3, -0.25) is 9.59 Å². The van der Waals surface area contributed by atoms with Crippen molar-refractivity contribution >= 4 is 34.8 Å². The summed E-state index contributed by atoms with van der Waals surface area (Å²) >= 11 is 7.74. The average Bonchev–Trinajstić information content (AvgIpc) is 3.56. The smallest absolute Gasteiger partial charge is 0.262 e. The van der Waals surface area contributed by atoms with Crippen LogP contribution in [0.5, 0.6) is 0 Å². The van der Waals surface area contributed by atoms with Crippen molar-refractivity contribution in [1.82, 2.24) is 20.2 Å². The number of halogens is 1. The number of amides is 2. The summed E-state index contributed by atoms with van der Waals surface area (Å²) in [5.74, 6) is 0.154. The Morgan fingerprint density at radius 2 is 1.97 bits per heavy atom. The molecule has 5 rings (SSSR count). The Kier molecular flexibility index (Phi) is 6.65. The molecule has 1 saturated carbocycles. The predicted octanol–water partition coefficient (Wildman–Crippen LogP) is 2.46. The van der Waals surface area contributed by atoms with Gasteiger partial charge in [-0.2, -0.15) is 0 Å². The number of rotatable bonds is 5. The Morgan fingerprint density at radius 1 is 1.21 bits per heavy atom. The molecular weight excluding hydrogens is 464 g/mol. The van der Waals surface area contributed by atoms with Crippen molar-refractivity contribution in [3.8, 4) is 10.7 Å².